The molecule has 162 valence electrons. The highest BCUT2D eigenvalue weighted by Crippen LogP contribution is 2.34. The van der Waals surface area contributed by atoms with E-state index in [1.165, 1.54) is 41.4 Å². The molecule has 32 heavy (non-hydrogen) atoms. The van der Waals surface area contributed by atoms with Gasteiger partial charge in [-0.05, 0) is 72.9 Å². The van der Waals surface area contributed by atoms with Crippen LogP contribution in [-0.4, -0.2) is 41.1 Å². The molecule has 0 radical (unpaired) electrons. The number of nitrogens with one attached hydrogen (secondary N) is 1. The molecule has 4 aromatic rings. The van der Waals surface area contributed by atoms with Crippen LogP contribution in [0.25, 0.3) is 22.0 Å². The van der Waals surface area contributed by atoms with Crippen LogP contribution in [0.2, 0.25) is 0 Å². The Balaban J connectivity index is 1.24. The maximum atomic E-state index is 5.48. The quantitative estimate of drug-likeness (QED) is 0.464. The van der Waals surface area contributed by atoms with Crippen LogP contribution in [0.1, 0.15) is 25.3 Å². The van der Waals surface area contributed by atoms with Crippen molar-refractivity contribution in [1.82, 2.24) is 14.8 Å². The SMILES string of the molecule is c1cc(Nc2cc(-c3ccc4c(cnn4C4CCC4)c3)ccn2)cc(N2CCOCC2)c1. The van der Waals surface area contributed by atoms with Gasteiger partial charge in [-0.15, -0.1) is 0 Å². The third-order valence-electron chi connectivity index (χ3n) is 6.60. The lowest BCUT2D eigenvalue weighted by atomic mass is 9.93. The number of fused-ring (bicyclic) bond motifs is 1. The van der Waals surface area contributed by atoms with E-state index in [9.17, 15) is 0 Å². The van der Waals surface area contributed by atoms with Gasteiger partial charge in [0.05, 0.1) is 31.0 Å². The summed E-state index contributed by atoms with van der Waals surface area (Å²) in [5, 5.41) is 9.33. The van der Waals surface area contributed by atoms with Crippen LogP contribution in [0.4, 0.5) is 17.2 Å². The molecule has 2 aromatic carbocycles. The monoisotopic (exact) mass is 425 g/mol. The van der Waals surface area contributed by atoms with E-state index < -0.39 is 0 Å². The standard InChI is InChI=1S/C26H27N5O/c1-3-22(17-24(6-1)30-11-13-32-14-12-30)29-26-16-20(9-10-27-26)19-7-8-25-21(15-19)18-28-31(25)23-4-2-5-23/h1,3,6-10,15-18,23H,2,4-5,11-14H2,(H,27,29). The zero-order valence-corrected chi connectivity index (χ0v) is 18.1. The van der Waals surface area contributed by atoms with E-state index in [0.717, 1.165) is 43.4 Å². The van der Waals surface area contributed by atoms with Gasteiger partial charge in [-0.3, -0.25) is 4.68 Å². The van der Waals surface area contributed by atoms with Crippen LogP contribution >= 0.6 is 0 Å². The van der Waals surface area contributed by atoms with E-state index in [2.05, 4.69) is 79.6 Å². The van der Waals surface area contributed by atoms with Gasteiger partial charge in [-0.2, -0.15) is 5.10 Å². The van der Waals surface area contributed by atoms with Crippen LogP contribution < -0.4 is 10.2 Å². The van der Waals surface area contributed by atoms with E-state index in [-0.39, 0.29) is 0 Å². The number of nitrogens with zero attached hydrogens (tertiary/aromatic N) is 4. The Morgan fingerprint density at radius 1 is 0.938 bits per heavy atom. The predicted octanol–water partition coefficient (Wildman–Crippen LogP) is 5.40. The average Bonchev–Trinajstić information content (AvgIpc) is 3.22. The van der Waals surface area contributed by atoms with Crippen molar-refractivity contribution in [3.8, 4) is 11.1 Å². The summed E-state index contributed by atoms with van der Waals surface area (Å²) in [5.41, 5.74) is 5.80. The first-order valence-electron chi connectivity index (χ1n) is 11.5. The van der Waals surface area contributed by atoms with Crippen molar-refractivity contribution < 1.29 is 4.74 Å². The molecule has 2 aliphatic rings. The normalized spacial score (nSPS) is 16.8. The number of anilines is 3. The molecule has 6 nitrogen and oxygen atoms in total. The van der Waals surface area contributed by atoms with Gasteiger partial charge >= 0.3 is 0 Å². The zero-order chi connectivity index (χ0) is 21.3. The highest BCUT2D eigenvalue weighted by molar-refractivity contribution is 5.85. The molecule has 0 unspecified atom stereocenters. The number of morpholine rings is 1. The van der Waals surface area contributed by atoms with Crippen molar-refractivity contribution in [3.05, 3.63) is 67.0 Å². The maximum absolute atomic E-state index is 5.48. The van der Waals surface area contributed by atoms with E-state index in [1.54, 1.807) is 0 Å². The second-order valence-corrected chi connectivity index (χ2v) is 8.65. The Hall–Kier alpha value is -3.38. The van der Waals surface area contributed by atoms with Gasteiger partial charge < -0.3 is 15.0 Å². The summed E-state index contributed by atoms with van der Waals surface area (Å²) >= 11 is 0. The number of rotatable bonds is 5. The lowest BCUT2D eigenvalue weighted by Crippen LogP contribution is -2.36. The minimum absolute atomic E-state index is 0.573. The second-order valence-electron chi connectivity index (χ2n) is 8.65. The predicted molar refractivity (Wildman–Crippen MR) is 129 cm³/mol. The molecule has 0 bridgehead atoms. The van der Waals surface area contributed by atoms with E-state index in [4.69, 9.17) is 4.74 Å². The first kappa shape index (κ1) is 19.3. The van der Waals surface area contributed by atoms with Gasteiger partial charge in [-0.25, -0.2) is 4.98 Å². The smallest absolute Gasteiger partial charge is 0.130 e. The zero-order valence-electron chi connectivity index (χ0n) is 18.1. The van der Waals surface area contributed by atoms with Gasteiger partial charge in [0.2, 0.25) is 0 Å². The molecule has 2 aromatic heterocycles. The molecule has 1 saturated heterocycles. The molecule has 3 heterocycles. The van der Waals surface area contributed by atoms with Crippen molar-refractivity contribution in [3.63, 3.8) is 0 Å². The molecular formula is C26H27N5O. The van der Waals surface area contributed by atoms with Crippen LogP contribution in [0, 0.1) is 0 Å². The van der Waals surface area contributed by atoms with Crippen molar-refractivity contribution >= 4 is 28.1 Å². The Labute approximate surface area is 187 Å². The van der Waals surface area contributed by atoms with E-state index in [1.807, 2.05) is 12.4 Å². The topological polar surface area (TPSA) is 55.2 Å². The Bertz CT molecular complexity index is 1240. The van der Waals surface area contributed by atoms with Gasteiger partial charge in [0.15, 0.2) is 0 Å². The fourth-order valence-corrected chi connectivity index (χ4v) is 4.58. The first-order valence-corrected chi connectivity index (χ1v) is 11.5. The second kappa shape index (κ2) is 8.28. The lowest BCUT2D eigenvalue weighted by Gasteiger charge is -2.29. The molecule has 1 aliphatic heterocycles. The van der Waals surface area contributed by atoms with Crippen LogP contribution in [0.15, 0.2) is 67.0 Å². The van der Waals surface area contributed by atoms with Gasteiger partial charge in [0, 0.05) is 36.0 Å². The third-order valence-corrected chi connectivity index (χ3v) is 6.60. The summed E-state index contributed by atoms with van der Waals surface area (Å²) in [4.78, 5) is 6.91. The van der Waals surface area contributed by atoms with Crippen molar-refractivity contribution in [2.75, 3.05) is 36.5 Å². The van der Waals surface area contributed by atoms with Gasteiger partial charge in [0.1, 0.15) is 5.82 Å². The maximum Gasteiger partial charge on any atom is 0.130 e. The number of ether oxygens (including phenoxy) is 1. The third kappa shape index (κ3) is 3.71. The summed E-state index contributed by atoms with van der Waals surface area (Å²) < 4.78 is 7.68. The largest absolute Gasteiger partial charge is 0.378 e. The molecular weight excluding hydrogens is 398 g/mol. The number of benzene rings is 2. The highest BCUT2D eigenvalue weighted by atomic mass is 16.5. The summed E-state index contributed by atoms with van der Waals surface area (Å²) in [6.45, 7) is 3.42. The average molecular weight is 426 g/mol. The molecule has 1 saturated carbocycles. The molecule has 1 aliphatic carbocycles. The van der Waals surface area contributed by atoms with Crippen molar-refractivity contribution in [2.45, 2.75) is 25.3 Å². The van der Waals surface area contributed by atoms with E-state index in [0.29, 0.717) is 6.04 Å². The van der Waals surface area contributed by atoms with Gasteiger partial charge in [0.25, 0.3) is 0 Å². The van der Waals surface area contributed by atoms with Crippen LogP contribution in [0.3, 0.4) is 0 Å². The van der Waals surface area contributed by atoms with Crippen molar-refractivity contribution in [2.24, 2.45) is 0 Å². The minimum atomic E-state index is 0.573. The van der Waals surface area contributed by atoms with Crippen LogP contribution in [-0.2, 0) is 4.74 Å². The fourth-order valence-electron chi connectivity index (χ4n) is 4.58. The molecule has 1 N–H and O–H groups in total. The van der Waals surface area contributed by atoms with Gasteiger partial charge in [-0.1, -0.05) is 12.1 Å². The van der Waals surface area contributed by atoms with E-state index >= 15 is 0 Å². The number of pyridine rings is 1. The molecule has 0 atom stereocenters. The number of hydrogen-bond acceptors (Lipinski definition) is 5. The molecule has 0 spiro atoms. The highest BCUT2D eigenvalue weighted by Gasteiger charge is 2.21. The minimum Gasteiger partial charge on any atom is -0.378 e. The fraction of sp³-hybridized carbons (Fsp3) is 0.308. The first-order chi connectivity index (χ1) is 15.8. The molecule has 0 amide bonds. The van der Waals surface area contributed by atoms with Crippen molar-refractivity contribution in [1.29, 1.82) is 0 Å². The number of aromatic nitrogens is 3. The molecule has 2 fully saturated rings. The Morgan fingerprint density at radius 2 is 1.81 bits per heavy atom. The summed E-state index contributed by atoms with van der Waals surface area (Å²) in [5.74, 6) is 0.840. The Kier molecular flexibility index (Phi) is 5.00. The molecule has 6 rings (SSSR count). The summed E-state index contributed by atoms with van der Waals surface area (Å²) in [7, 11) is 0. The lowest BCUT2D eigenvalue weighted by molar-refractivity contribution is 0.122. The Morgan fingerprint density at radius 3 is 2.66 bits per heavy atom. The number of hydrogen-bond donors (Lipinski definition) is 1. The molecule has 6 heteroatoms. The summed E-state index contributed by atoms with van der Waals surface area (Å²) in [6, 6.07) is 19.9. The van der Waals surface area contributed by atoms with Crippen LogP contribution in [0.5, 0.6) is 0 Å². The summed E-state index contributed by atoms with van der Waals surface area (Å²) in [6.07, 6.45) is 7.65.